The average molecular weight is 142 g/mol. The number of rotatable bonds is 0. The fourth-order valence-electron chi connectivity index (χ4n) is 1.13. The molecule has 0 bridgehead atoms. The molecular formula is C9H18O. The summed E-state index contributed by atoms with van der Waals surface area (Å²) in [7, 11) is 0. The van der Waals surface area contributed by atoms with Crippen molar-refractivity contribution >= 4 is 0 Å². The second-order valence-electron chi connectivity index (χ2n) is 2.39. The van der Waals surface area contributed by atoms with Crippen LogP contribution in [0.3, 0.4) is 0 Å². The molecule has 1 saturated carbocycles. The van der Waals surface area contributed by atoms with E-state index in [1.807, 2.05) is 13.8 Å². The van der Waals surface area contributed by atoms with Crippen molar-refractivity contribution in [2.24, 2.45) is 5.92 Å². The molecule has 1 nitrogen and oxygen atoms in total. The van der Waals surface area contributed by atoms with E-state index in [9.17, 15) is 0 Å². The first-order chi connectivity index (χ1) is 4.89. The van der Waals surface area contributed by atoms with Crippen molar-refractivity contribution in [2.45, 2.75) is 46.5 Å². The molecule has 0 aromatic heterocycles. The van der Waals surface area contributed by atoms with Crippen LogP contribution in [0.15, 0.2) is 0 Å². The Morgan fingerprint density at radius 1 is 1.10 bits per heavy atom. The maximum absolute atomic E-state index is 7.50. The molecule has 0 amide bonds. The summed E-state index contributed by atoms with van der Waals surface area (Å²) in [4.78, 5) is 0. The Balaban J connectivity index is 0. The van der Waals surface area contributed by atoms with Gasteiger partial charge in [0.15, 0.2) is 0 Å². The molecule has 0 aromatic carbocycles. The van der Waals surface area contributed by atoms with Gasteiger partial charge >= 0.3 is 11.3 Å². The fraction of sp³-hybridized carbons (Fsp3) is 0.889. The van der Waals surface area contributed by atoms with Crippen LogP contribution < -0.4 is 0 Å². The predicted molar refractivity (Wildman–Crippen MR) is 42.9 cm³/mol. The van der Waals surface area contributed by atoms with E-state index in [0.717, 1.165) is 5.92 Å². The first kappa shape index (κ1) is 12.4. The first-order valence-corrected chi connectivity index (χ1v) is 4.10. The van der Waals surface area contributed by atoms with Gasteiger partial charge in [-0.3, -0.25) is 0 Å². The Bertz CT molecular complexity index is 60.4. The van der Waals surface area contributed by atoms with Crippen LogP contribution >= 0.6 is 0 Å². The molecule has 1 fully saturated rings. The van der Waals surface area contributed by atoms with Gasteiger partial charge in [-0.2, -0.15) is 0 Å². The SMILES string of the molecule is CC.CC1CCCC1.[C-]#[O+]. The van der Waals surface area contributed by atoms with Crippen LogP contribution in [0, 0.1) is 12.6 Å². The van der Waals surface area contributed by atoms with Crippen LogP contribution in [0.1, 0.15) is 46.5 Å². The molecule has 10 heavy (non-hydrogen) atoms. The van der Waals surface area contributed by atoms with E-state index in [-0.39, 0.29) is 0 Å². The van der Waals surface area contributed by atoms with E-state index < -0.39 is 0 Å². The molecule has 1 rings (SSSR count). The summed E-state index contributed by atoms with van der Waals surface area (Å²) in [6, 6.07) is 0. The zero-order valence-electron chi connectivity index (χ0n) is 7.31. The summed E-state index contributed by atoms with van der Waals surface area (Å²) in [6.45, 7) is 10.8. The van der Waals surface area contributed by atoms with E-state index in [1.54, 1.807) is 0 Å². The van der Waals surface area contributed by atoms with Crippen molar-refractivity contribution < 1.29 is 4.65 Å². The molecule has 1 aliphatic carbocycles. The van der Waals surface area contributed by atoms with Crippen LogP contribution in [0.4, 0.5) is 0 Å². The summed E-state index contributed by atoms with van der Waals surface area (Å²) in [6.07, 6.45) is 5.95. The van der Waals surface area contributed by atoms with Crippen molar-refractivity contribution in [3.8, 4) is 0 Å². The molecule has 0 atom stereocenters. The van der Waals surface area contributed by atoms with Gasteiger partial charge in [-0.05, 0) is 5.92 Å². The van der Waals surface area contributed by atoms with Gasteiger partial charge in [0.2, 0.25) is 0 Å². The van der Waals surface area contributed by atoms with Crippen LogP contribution in [0.25, 0.3) is 0 Å². The zero-order chi connectivity index (χ0) is 8.41. The maximum atomic E-state index is 7.50. The molecule has 60 valence electrons. The van der Waals surface area contributed by atoms with Gasteiger partial charge in [-0.15, -0.1) is 0 Å². The summed E-state index contributed by atoms with van der Waals surface area (Å²) in [5.41, 5.74) is 0. The molecular weight excluding hydrogens is 124 g/mol. The van der Waals surface area contributed by atoms with E-state index in [0.29, 0.717) is 0 Å². The van der Waals surface area contributed by atoms with Gasteiger partial charge in [0.25, 0.3) is 0 Å². The summed E-state index contributed by atoms with van der Waals surface area (Å²) >= 11 is 0. The minimum absolute atomic E-state index is 1.05. The van der Waals surface area contributed by atoms with Crippen LogP contribution in [0.5, 0.6) is 0 Å². The predicted octanol–water partition coefficient (Wildman–Crippen LogP) is 3.19. The molecule has 0 N–H and O–H groups in total. The molecule has 0 radical (unpaired) electrons. The molecule has 0 heterocycles. The monoisotopic (exact) mass is 142 g/mol. The van der Waals surface area contributed by atoms with Crippen molar-refractivity contribution in [3.05, 3.63) is 6.65 Å². The van der Waals surface area contributed by atoms with Crippen molar-refractivity contribution in [2.75, 3.05) is 0 Å². The quantitative estimate of drug-likeness (QED) is 0.365. The van der Waals surface area contributed by atoms with Gasteiger partial charge < -0.3 is 0 Å². The summed E-state index contributed by atoms with van der Waals surface area (Å²) in [5.74, 6) is 1.05. The second kappa shape index (κ2) is 11.5. The molecule has 1 heteroatoms. The van der Waals surface area contributed by atoms with Gasteiger partial charge in [-0.25, -0.2) is 0 Å². The molecule has 1 aliphatic rings. The average Bonchev–Trinajstić information content (AvgIpc) is 2.48. The third-order valence-electron chi connectivity index (χ3n) is 1.64. The standard InChI is InChI=1S/C6H12.C2H6.CO/c1-6-4-2-3-5-6;2*1-2/h6H,2-5H2,1H3;1-2H3;. The first-order valence-electron chi connectivity index (χ1n) is 4.10. The number of hydrogen-bond donors (Lipinski definition) is 0. The topological polar surface area (TPSA) is 19.9 Å². The van der Waals surface area contributed by atoms with Gasteiger partial charge in [0.05, 0.1) is 0 Å². The number of hydrogen-bond acceptors (Lipinski definition) is 0. The summed E-state index contributed by atoms with van der Waals surface area (Å²) < 4.78 is 7.50. The Morgan fingerprint density at radius 3 is 1.50 bits per heavy atom. The normalized spacial score (nSPS) is 16.1. The Kier molecular flexibility index (Phi) is 14.3. The van der Waals surface area contributed by atoms with Crippen molar-refractivity contribution in [3.63, 3.8) is 0 Å². The molecule has 0 saturated heterocycles. The van der Waals surface area contributed by atoms with E-state index in [1.165, 1.54) is 25.7 Å². The van der Waals surface area contributed by atoms with Crippen LogP contribution in [-0.4, -0.2) is 0 Å². The second-order valence-corrected chi connectivity index (χ2v) is 2.39. The molecule has 0 unspecified atom stereocenters. The third kappa shape index (κ3) is 7.74. The zero-order valence-corrected chi connectivity index (χ0v) is 7.31. The van der Waals surface area contributed by atoms with Crippen molar-refractivity contribution in [1.82, 2.24) is 0 Å². The Hall–Kier alpha value is -0.260. The van der Waals surface area contributed by atoms with Gasteiger partial charge in [0, 0.05) is 0 Å². The fourth-order valence-corrected chi connectivity index (χ4v) is 1.13. The molecule has 0 aliphatic heterocycles. The minimum atomic E-state index is 1.05. The third-order valence-corrected chi connectivity index (χ3v) is 1.64. The van der Waals surface area contributed by atoms with Gasteiger partial charge in [-0.1, -0.05) is 46.5 Å². The van der Waals surface area contributed by atoms with E-state index in [4.69, 9.17) is 4.65 Å². The molecule has 0 aromatic rings. The van der Waals surface area contributed by atoms with Crippen LogP contribution in [-0.2, 0) is 4.65 Å². The van der Waals surface area contributed by atoms with Gasteiger partial charge in [0.1, 0.15) is 0 Å². The Morgan fingerprint density at radius 2 is 1.40 bits per heavy atom. The van der Waals surface area contributed by atoms with Crippen LogP contribution in [0.2, 0.25) is 0 Å². The van der Waals surface area contributed by atoms with E-state index in [2.05, 4.69) is 13.6 Å². The Labute approximate surface area is 64.5 Å². The summed E-state index contributed by atoms with van der Waals surface area (Å²) in [5, 5.41) is 0. The molecule has 0 spiro atoms. The van der Waals surface area contributed by atoms with Crippen molar-refractivity contribution in [1.29, 1.82) is 0 Å². The van der Waals surface area contributed by atoms with E-state index >= 15 is 0 Å².